The van der Waals surface area contributed by atoms with Gasteiger partial charge in [-0.2, -0.15) is 5.10 Å². The standard InChI is InChI=1S/C12H18N4O/c17-11(10-13-9-14-15-10)16-7-5-12(6-8-16)3-1-2-4-12/h9H,1-8H2,(H,13,14,15). The second-order valence-corrected chi connectivity index (χ2v) is 5.33. The summed E-state index contributed by atoms with van der Waals surface area (Å²) >= 11 is 0. The van der Waals surface area contributed by atoms with Gasteiger partial charge in [0, 0.05) is 13.1 Å². The first-order valence-corrected chi connectivity index (χ1v) is 6.44. The number of carbonyl (C=O) groups is 1. The number of H-pyrrole nitrogens is 1. The molecule has 2 heterocycles. The minimum atomic E-state index is -0.00431. The smallest absolute Gasteiger partial charge is 0.291 e. The molecule has 0 radical (unpaired) electrons. The molecule has 1 amide bonds. The van der Waals surface area contributed by atoms with Crippen molar-refractivity contribution in [2.75, 3.05) is 13.1 Å². The van der Waals surface area contributed by atoms with Gasteiger partial charge in [-0.15, -0.1) is 0 Å². The van der Waals surface area contributed by atoms with Crippen LogP contribution in [0.5, 0.6) is 0 Å². The predicted molar refractivity (Wildman–Crippen MR) is 62.4 cm³/mol. The maximum Gasteiger partial charge on any atom is 0.291 e. The van der Waals surface area contributed by atoms with Gasteiger partial charge in [0.25, 0.3) is 5.91 Å². The Balaban J connectivity index is 1.63. The zero-order valence-electron chi connectivity index (χ0n) is 9.98. The van der Waals surface area contributed by atoms with Gasteiger partial charge in [0.15, 0.2) is 0 Å². The lowest BCUT2D eigenvalue weighted by molar-refractivity contribution is 0.0576. The molecule has 1 saturated carbocycles. The monoisotopic (exact) mass is 234 g/mol. The van der Waals surface area contributed by atoms with Gasteiger partial charge in [-0.25, -0.2) is 4.98 Å². The normalized spacial score (nSPS) is 23.2. The number of amides is 1. The van der Waals surface area contributed by atoms with Crippen LogP contribution in [0.1, 0.15) is 49.1 Å². The van der Waals surface area contributed by atoms with Crippen molar-refractivity contribution in [2.24, 2.45) is 5.41 Å². The van der Waals surface area contributed by atoms with Crippen molar-refractivity contribution >= 4 is 5.91 Å². The molecule has 2 aliphatic rings. The van der Waals surface area contributed by atoms with E-state index in [2.05, 4.69) is 15.2 Å². The highest BCUT2D eigenvalue weighted by Crippen LogP contribution is 2.46. The molecular formula is C12H18N4O. The summed E-state index contributed by atoms with van der Waals surface area (Å²) in [5.41, 5.74) is 0.554. The lowest BCUT2D eigenvalue weighted by atomic mass is 9.77. The van der Waals surface area contributed by atoms with E-state index < -0.39 is 0 Å². The molecule has 1 aromatic rings. The molecule has 0 atom stereocenters. The summed E-state index contributed by atoms with van der Waals surface area (Å²) in [5.74, 6) is 0.364. The number of aromatic nitrogens is 3. The van der Waals surface area contributed by atoms with Gasteiger partial charge in [0.1, 0.15) is 6.33 Å². The van der Waals surface area contributed by atoms with Crippen LogP contribution < -0.4 is 0 Å². The maximum atomic E-state index is 12.1. The molecule has 5 nitrogen and oxygen atoms in total. The molecule has 1 aliphatic heterocycles. The summed E-state index contributed by atoms with van der Waals surface area (Å²) in [5, 5.41) is 6.37. The number of carbonyl (C=O) groups excluding carboxylic acids is 1. The van der Waals surface area contributed by atoms with Crippen molar-refractivity contribution in [3.63, 3.8) is 0 Å². The summed E-state index contributed by atoms with van der Waals surface area (Å²) < 4.78 is 0. The topological polar surface area (TPSA) is 61.9 Å². The van der Waals surface area contributed by atoms with Gasteiger partial charge in [0.2, 0.25) is 5.82 Å². The lowest BCUT2D eigenvalue weighted by Gasteiger charge is -2.39. The number of hydrogen-bond donors (Lipinski definition) is 1. The average Bonchev–Trinajstić information content (AvgIpc) is 3.01. The van der Waals surface area contributed by atoms with Crippen molar-refractivity contribution in [2.45, 2.75) is 38.5 Å². The van der Waals surface area contributed by atoms with Crippen LogP contribution in [-0.2, 0) is 0 Å². The summed E-state index contributed by atoms with van der Waals surface area (Å²) in [4.78, 5) is 17.9. The lowest BCUT2D eigenvalue weighted by Crippen LogP contribution is -2.42. The number of likely N-dealkylation sites (tertiary alicyclic amines) is 1. The fourth-order valence-corrected chi connectivity index (χ4v) is 3.27. The first-order valence-electron chi connectivity index (χ1n) is 6.44. The highest BCUT2D eigenvalue weighted by Gasteiger charge is 2.38. The SMILES string of the molecule is O=C(c1ncn[nH]1)N1CCC2(CCCC2)CC1. The number of piperidine rings is 1. The zero-order chi connectivity index (χ0) is 11.7. The van der Waals surface area contributed by atoms with Crippen molar-refractivity contribution < 1.29 is 4.79 Å². The third-order valence-corrected chi connectivity index (χ3v) is 4.39. The molecule has 3 rings (SSSR count). The maximum absolute atomic E-state index is 12.1. The molecule has 1 N–H and O–H groups in total. The van der Waals surface area contributed by atoms with E-state index in [0.717, 1.165) is 25.9 Å². The fraction of sp³-hybridized carbons (Fsp3) is 0.750. The Hall–Kier alpha value is -1.39. The van der Waals surface area contributed by atoms with Gasteiger partial charge in [0.05, 0.1) is 0 Å². The fourth-order valence-electron chi connectivity index (χ4n) is 3.27. The third-order valence-electron chi connectivity index (χ3n) is 4.39. The summed E-state index contributed by atoms with van der Waals surface area (Å²) in [6, 6.07) is 0. The summed E-state index contributed by atoms with van der Waals surface area (Å²) in [7, 11) is 0. The van der Waals surface area contributed by atoms with Crippen LogP contribution in [0.25, 0.3) is 0 Å². The minimum Gasteiger partial charge on any atom is -0.336 e. The van der Waals surface area contributed by atoms with Crippen LogP contribution in [0.15, 0.2) is 6.33 Å². The van der Waals surface area contributed by atoms with Crippen LogP contribution in [0, 0.1) is 5.41 Å². The Kier molecular flexibility index (Phi) is 2.61. The van der Waals surface area contributed by atoms with Crippen molar-refractivity contribution in [1.82, 2.24) is 20.1 Å². The summed E-state index contributed by atoms with van der Waals surface area (Å²) in [6.07, 6.45) is 9.16. The number of aromatic amines is 1. The average molecular weight is 234 g/mol. The minimum absolute atomic E-state index is 0.00431. The van der Waals surface area contributed by atoms with Crippen LogP contribution in [0.4, 0.5) is 0 Å². The van der Waals surface area contributed by atoms with E-state index >= 15 is 0 Å². The number of rotatable bonds is 1. The number of nitrogens with one attached hydrogen (secondary N) is 1. The molecule has 1 aromatic heterocycles. The van der Waals surface area contributed by atoms with E-state index in [1.807, 2.05) is 4.90 Å². The van der Waals surface area contributed by atoms with Gasteiger partial charge < -0.3 is 4.90 Å². The van der Waals surface area contributed by atoms with Gasteiger partial charge in [-0.3, -0.25) is 9.89 Å². The second-order valence-electron chi connectivity index (χ2n) is 5.33. The first kappa shape index (κ1) is 10.7. The molecule has 1 saturated heterocycles. The first-order chi connectivity index (χ1) is 8.29. The van der Waals surface area contributed by atoms with Crippen molar-refractivity contribution in [1.29, 1.82) is 0 Å². The van der Waals surface area contributed by atoms with E-state index in [0.29, 0.717) is 11.2 Å². The van der Waals surface area contributed by atoms with E-state index in [4.69, 9.17) is 0 Å². The molecular weight excluding hydrogens is 216 g/mol. The Morgan fingerprint density at radius 3 is 2.53 bits per heavy atom. The van der Waals surface area contributed by atoms with Crippen molar-refractivity contribution in [3.05, 3.63) is 12.2 Å². The summed E-state index contributed by atoms with van der Waals surface area (Å²) in [6.45, 7) is 1.75. The number of nitrogens with zero attached hydrogens (tertiary/aromatic N) is 3. The second kappa shape index (κ2) is 4.13. The number of hydrogen-bond acceptors (Lipinski definition) is 3. The Bertz CT molecular complexity index is 385. The van der Waals surface area contributed by atoms with Gasteiger partial charge in [-0.05, 0) is 31.1 Å². The largest absolute Gasteiger partial charge is 0.336 e. The van der Waals surface area contributed by atoms with Crippen LogP contribution in [0.3, 0.4) is 0 Å². The molecule has 1 spiro atoms. The predicted octanol–water partition coefficient (Wildman–Crippen LogP) is 1.60. The molecule has 5 heteroatoms. The molecule has 1 aliphatic carbocycles. The van der Waals surface area contributed by atoms with E-state index in [9.17, 15) is 4.79 Å². The Morgan fingerprint density at radius 1 is 1.24 bits per heavy atom. The quantitative estimate of drug-likeness (QED) is 0.802. The van der Waals surface area contributed by atoms with Crippen LogP contribution in [-0.4, -0.2) is 39.1 Å². The molecule has 92 valence electrons. The molecule has 2 fully saturated rings. The van der Waals surface area contributed by atoms with Crippen LogP contribution in [0.2, 0.25) is 0 Å². The van der Waals surface area contributed by atoms with E-state index in [1.165, 1.54) is 32.0 Å². The van der Waals surface area contributed by atoms with Crippen LogP contribution >= 0.6 is 0 Å². The van der Waals surface area contributed by atoms with E-state index in [1.54, 1.807) is 0 Å². The molecule has 0 unspecified atom stereocenters. The molecule has 0 aromatic carbocycles. The highest BCUT2D eigenvalue weighted by molar-refractivity contribution is 5.90. The van der Waals surface area contributed by atoms with Crippen molar-refractivity contribution in [3.8, 4) is 0 Å². The Morgan fingerprint density at radius 2 is 1.94 bits per heavy atom. The van der Waals surface area contributed by atoms with E-state index in [-0.39, 0.29) is 5.91 Å². The zero-order valence-corrected chi connectivity index (χ0v) is 9.98. The molecule has 17 heavy (non-hydrogen) atoms. The Labute approximate surface area is 101 Å². The van der Waals surface area contributed by atoms with Gasteiger partial charge in [-0.1, -0.05) is 12.8 Å². The highest BCUT2D eigenvalue weighted by atomic mass is 16.2. The molecule has 0 bridgehead atoms. The van der Waals surface area contributed by atoms with Gasteiger partial charge >= 0.3 is 0 Å². The third kappa shape index (κ3) is 1.94.